The maximum Gasteiger partial charge on any atom is 0.324 e. The van der Waals surface area contributed by atoms with Crippen molar-refractivity contribution in [3.63, 3.8) is 0 Å². The first-order valence-electron chi connectivity index (χ1n) is 4.89. The van der Waals surface area contributed by atoms with Gasteiger partial charge in [0.1, 0.15) is 5.38 Å². The van der Waals surface area contributed by atoms with E-state index in [1.165, 1.54) is 0 Å². The third-order valence-corrected chi connectivity index (χ3v) is 3.26. The van der Waals surface area contributed by atoms with E-state index in [9.17, 15) is 4.79 Å². The van der Waals surface area contributed by atoms with E-state index in [2.05, 4.69) is 0 Å². The van der Waals surface area contributed by atoms with Crippen LogP contribution in [0, 0.1) is 0 Å². The van der Waals surface area contributed by atoms with Gasteiger partial charge in [0, 0.05) is 21.5 Å². The van der Waals surface area contributed by atoms with Gasteiger partial charge in [0.15, 0.2) is 0 Å². The first kappa shape index (κ1) is 14.9. The second kappa shape index (κ2) is 6.69. The molecular weight excluding hydrogens is 306 g/mol. The Kier molecular flexibility index (Phi) is 5.87. The molecule has 0 fully saturated rings. The number of ether oxygens (including phenoxy) is 1. The summed E-state index contributed by atoms with van der Waals surface area (Å²) in [5.74, 6) is -0.490. The molecule has 94 valence electrons. The fraction of sp³-hybridized carbons (Fsp3) is 0.364. The number of carbonyl (C=O) groups is 1. The maximum atomic E-state index is 11.4. The molecule has 0 N–H and O–H groups in total. The van der Waals surface area contributed by atoms with Crippen molar-refractivity contribution < 1.29 is 9.53 Å². The number of hydrogen-bond donors (Lipinski definition) is 0. The van der Waals surface area contributed by atoms with Gasteiger partial charge in [-0.05, 0) is 24.6 Å². The van der Waals surface area contributed by atoms with Gasteiger partial charge in [-0.2, -0.15) is 0 Å². The van der Waals surface area contributed by atoms with Crippen LogP contribution < -0.4 is 0 Å². The van der Waals surface area contributed by atoms with Crippen LogP contribution in [-0.2, 0) is 16.0 Å². The third kappa shape index (κ3) is 4.22. The lowest BCUT2D eigenvalue weighted by Gasteiger charge is -2.11. The summed E-state index contributed by atoms with van der Waals surface area (Å²) in [6.07, 6.45) is 0.204. The van der Waals surface area contributed by atoms with E-state index in [4.69, 9.17) is 51.1 Å². The Balaban J connectivity index is 2.85. The van der Waals surface area contributed by atoms with Crippen molar-refractivity contribution in [3.8, 4) is 0 Å². The minimum atomic E-state index is -0.814. The number of benzene rings is 1. The normalized spacial score (nSPS) is 12.3. The van der Waals surface area contributed by atoms with Gasteiger partial charge in [0.2, 0.25) is 0 Å². The fourth-order valence-electron chi connectivity index (χ4n) is 1.26. The summed E-state index contributed by atoms with van der Waals surface area (Å²) in [5, 5.41) is 0.395. The van der Waals surface area contributed by atoms with E-state index in [0.717, 1.165) is 0 Å². The summed E-state index contributed by atoms with van der Waals surface area (Å²) in [6, 6.07) is 3.11. The number of esters is 1. The summed E-state index contributed by atoms with van der Waals surface area (Å²) >= 11 is 23.6. The van der Waals surface area contributed by atoms with Crippen LogP contribution in [0.3, 0.4) is 0 Å². The fourth-order valence-corrected chi connectivity index (χ4v) is 2.45. The molecule has 1 aromatic carbocycles. The number of carbonyl (C=O) groups excluding carboxylic acids is 1. The Morgan fingerprint density at radius 3 is 2.29 bits per heavy atom. The number of alkyl halides is 1. The smallest absolute Gasteiger partial charge is 0.324 e. The second-order valence-corrected chi connectivity index (χ2v) is 5.05. The quantitative estimate of drug-likeness (QED) is 0.609. The lowest BCUT2D eigenvalue weighted by atomic mass is 10.1. The monoisotopic (exact) mass is 314 g/mol. The lowest BCUT2D eigenvalue weighted by molar-refractivity contribution is -0.142. The van der Waals surface area contributed by atoms with Crippen molar-refractivity contribution in [1.29, 1.82) is 0 Å². The zero-order valence-electron chi connectivity index (χ0n) is 8.97. The van der Waals surface area contributed by atoms with Gasteiger partial charge in [-0.25, -0.2) is 0 Å². The molecule has 1 atom stereocenters. The van der Waals surface area contributed by atoms with E-state index < -0.39 is 11.3 Å². The number of halogens is 4. The van der Waals surface area contributed by atoms with E-state index >= 15 is 0 Å². The topological polar surface area (TPSA) is 26.3 Å². The van der Waals surface area contributed by atoms with Gasteiger partial charge < -0.3 is 4.74 Å². The highest BCUT2D eigenvalue weighted by molar-refractivity contribution is 6.39. The molecule has 0 aliphatic carbocycles. The second-order valence-electron chi connectivity index (χ2n) is 3.27. The first-order valence-corrected chi connectivity index (χ1v) is 6.46. The SMILES string of the molecule is CCOC(=O)C(Cl)Cc1c(Cl)cc(Cl)cc1Cl. The highest BCUT2D eigenvalue weighted by Gasteiger charge is 2.20. The van der Waals surface area contributed by atoms with Crippen LogP contribution in [-0.4, -0.2) is 18.0 Å². The van der Waals surface area contributed by atoms with Crippen LogP contribution >= 0.6 is 46.4 Å². The summed E-state index contributed by atoms with van der Waals surface area (Å²) in [6.45, 7) is 1.99. The molecule has 0 radical (unpaired) electrons. The van der Waals surface area contributed by atoms with Crippen LogP contribution in [0.2, 0.25) is 15.1 Å². The van der Waals surface area contributed by atoms with Crippen molar-refractivity contribution >= 4 is 52.4 Å². The Morgan fingerprint density at radius 1 is 1.29 bits per heavy atom. The molecule has 0 amide bonds. The van der Waals surface area contributed by atoms with Gasteiger partial charge in [-0.1, -0.05) is 34.8 Å². The Labute approximate surface area is 120 Å². The Morgan fingerprint density at radius 2 is 1.82 bits per heavy atom. The molecule has 0 aliphatic rings. The molecule has 1 rings (SSSR count). The van der Waals surface area contributed by atoms with Crippen LogP contribution in [0.1, 0.15) is 12.5 Å². The summed E-state index contributed by atoms with van der Waals surface area (Å²) in [7, 11) is 0. The van der Waals surface area contributed by atoms with Gasteiger partial charge in [0.05, 0.1) is 6.61 Å². The van der Waals surface area contributed by atoms with Crippen molar-refractivity contribution in [1.82, 2.24) is 0 Å². The summed E-state index contributed by atoms with van der Waals surface area (Å²) in [5.41, 5.74) is 0.589. The van der Waals surface area contributed by atoms with E-state index in [1.807, 2.05) is 0 Å². The minimum absolute atomic E-state index is 0.204. The minimum Gasteiger partial charge on any atom is -0.465 e. The maximum absolute atomic E-state index is 11.4. The van der Waals surface area contributed by atoms with Crippen molar-refractivity contribution in [3.05, 3.63) is 32.8 Å². The Bertz CT molecular complexity index is 397. The number of rotatable bonds is 4. The van der Waals surface area contributed by atoms with Crippen molar-refractivity contribution in [2.24, 2.45) is 0 Å². The zero-order valence-corrected chi connectivity index (χ0v) is 12.0. The molecular formula is C11H10Cl4O2. The first-order chi connectivity index (χ1) is 7.95. The molecule has 0 saturated heterocycles. The molecule has 0 bridgehead atoms. The van der Waals surface area contributed by atoms with Crippen molar-refractivity contribution in [2.75, 3.05) is 6.61 Å². The highest BCUT2D eigenvalue weighted by atomic mass is 35.5. The highest BCUT2D eigenvalue weighted by Crippen LogP contribution is 2.30. The largest absolute Gasteiger partial charge is 0.465 e. The zero-order chi connectivity index (χ0) is 13.0. The van der Waals surface area contributed by atoms with Gasteiger partial charge in [-0.15, -0.1) is 11.6 Å². The lowest BCUT2D eigenvalue weighted by Crippen LogP contribution is -2.20. The molecule has 1 unspecified atom stereocenters. The molecule has 0 aliphatic heterocycles. The standard InChI is InChI=1S/C11H10Cl4O2/c1-2-17-11(16)10(15)5-7-8(13)3-6(12)4-9(7)14/h3-4,10H,2,5H2,1H3. The molecule has 0 saturated carbocycles. The number of hydrogen-bond acceptors (Lipinski definition) is 2. The summed E-state index contributed by atoms with van der Waals surface area (Å²) < 4.78 is 4.80. The molecule has 0 aromatic heterocycles. The van der Waals surface area contributed by atoms with Gasteiger partial charge >= 0.3 is 5.97 Å². The van der Waals surface area contributed by atoms with Crippen LogP contribution in [0.25, 0.3) is 0 Å². The van der Waals surface area contributed by atoms with Crippen molar-refractivity contribution in [2.45, 2.75) is 18.7 Å². The van der Waals surface area contributed by atoms with Gasteiger partial charge in [0.25, 0.3) is 0 Å². The molecule has 1 aromatic rings. The van der Waals surface area contributed by atoms with Gasteiger partial charge in [-0.3, -0.25) is 4.79 Å². The van der Waals surface area contributed by atoms with E-state index in [0.29, 0.717) is 20.6 Å². The van der Waals surface area contributed by atoms with Crippen LogP contribution in [0.5, 0.6) is 0 Å². The molecule has 0 spiro atoms. The van der Waals surface area contributed by atoms with E-state index in [1.54, 1.807) is 19.1 Å². The third-order valence-electron chi connectivity index (χ3n) is 2.03. The summed E-state index contributed by atoms with van der Waals surface area (Å²) in [4.78, 5) is 11.4. The molecule has 17 heavy (non-hydrogen) atoms. The predicted octanol–water partition coefficient (Wildman–Crippen LogP) is 4.36. The average Bonchev–Trinajstić information content (AvgIpc) is 2.23. The van der Waals surface area contributed by atoms with E-state index in [-0.39, 0.29) is 13.0 Å². The molecule has 2 nitrogen and oxygen atoms in total. The predicted molar refractivity (Wildman–Crippen MR) is 71.5 cm³/mol. The molecule has 6 heteroatoms. The Hall–Kier alpha value is -0.150. The average molecular weight is 316 g/mol. The molecule has 0 heterocycles. The van der Waals surface area contributed by atoms with Crippen LogP contribution in [0.4, 0.5) is 0 Å². The van der Waals surface area contributed by atoms with Crippen LogP contribution in [0.15, 0.2) is 12.1 Å².